The maximum absolute atomic E-state index is 5.96. The van der Waals surface area contributed by atoms with Crippen LogP contribution in [0.4, 0.5) is 0 Å². The van der Waals surface area contributed by atoms with Crippen molar-refractivity contribution >= 4 is 23.1 Å². The first-order valence-corrected chi connectivity index (χ1v) is 12.4. The number of thiazole rings is 1. The molecular formula is C25H26N4OS2. The van der Waals surface area contributed by atoms with Gasteiger partial charge in [0.1, 0.15) is 17.4 Å². The van der Waals surface area contributed by atoms with Crippen LogP contribution in [0.2, 0.25) is 0 Å². The molecule has 4 aromatic rings. The fourth-order valence-electron chi connectivity index (χ4n) is 3.17. The molecule has 32 heavy (non-hydrogen) atoms. The van der Waals surface area contributed by atoms with E-state index in [1.165, 1.54) is 5.56 Å². The molecule has 0 unspecified atom stereocenters. The predicted octanol–water partition coefficient (Wildman–Crippen LogP) is 6.58. The van der Waals surface area contributed by atoms with E-state index in [9.17, 15) is 0 Å². The standard InChI is InChI=1S/C25H26N4OS2/c1-4-14-29-23(15-30-22-12-10-19(11-13-22)18(2)3)27-28-25(29)32-17-21-16-31-24(26-21)20-8-6-5-7-9-20/h4-13,16,18H,1,14-15,17H2,2-3H3. The van der Waals surface area contributed by atoms with Gasteiger partial charge in [0.2, 0.25) is 0 Å². The van der Waals surface area contributed by atoms with Gasteiger partial charge in [0.25, 0.3) is 0 Å². The molecule has 0 saturated heterocycles. The molecule has 2 aromatic heterocycles. The lowest BCUT2D eigenvalue weighted by molar-refractivity contribution is 0.289. The van der Waals surface area contributed by atoms with Crippen molar-refractivity contribution in [2.75, 3.05) is 0 Å². The van der Waals surface area contributed by atoms with Crippen LogP contribution in [0, 0.1) is 0 Å². The molecule has 0 spiro atoms. The highest BCUT2D eigenvalue weighted by Gasteiger charge is 2.14. The molecule has 0 radical (unpaired) electrons. The van der Waals surface area contributed by atoms with Crippen LogP contribution in [0.25, 0.3) is 10.6 Å². The van der Waals surface area contributed by atoms with E-state index in [4.69, 9.17) is 9.72 Å². The van der Waals surface area contributed by atoms with Gasteiger partial charge in [-0.1, -0.05) is 74.1 Å². The molecule has 2 heterocycles. The summed E-state index contributed by atoms with van der Waals surface area (Å²) in [6.07, 6.45) is 1.85. The Kier molecular flexibility index (Phi) is 7.39. The van der Waals surface area contributed by atoms with Crippen molar-refractivity contribution in [2.24, 2.45) is 0 Å². The van der Waals surface area contributed by atoms with Crippen molar-refractivity contribution in [3.05, 3.63) is 89.7 Å². The second-order valence-electron chi connectivity index (χ2n) is 7.61. The summed E-state index contributed by atoms with van der Waals surface area (Å²) in [7, 11) is 0. The van der Waals surface area contributed by atoms with Crippen LogP contribution in [0.5, 0.6) is 5.75 Å². The van der Waals surface area contributed by atoms with Gasteiger partial charge in [-0.25, -0.2) is 4.98 Å². The van der Waals surface area contributed by atoms with Crippen molar-refractivity contribution in [1.82, 2.24) is 19.7 Å². The van der Waals surface area contributed by atoms with Gasteiger partial charge >= 0.3 is 0 Å². The summed E-state index contributed by atoms with van der Waals surface area (Å²) in [6, 6.07) is 18.5. The van der Waals surface area contributed by atoms with Gasteiger partial charge < -0.3 is 4.74 Å². The quantitative estimate of drug-likeness (QED) is 0.197. The van der Waals surface area contributed by atoms with Crippen LogP contribution in [-0.2, 0) is 18.9 Å². The summed E-state index contributed by atoms with van der Waals surface area (Å²) in [6.45, 7) is 9.23. The van der Waals surface area contributed by atoms with E-state index >= 15 is 0 Å². The molecule has 164 valence electrons. The molecule has 0 N–H and O–H groups in total. The van der Waals surface area contributed by atoms with Crippen LogP contribution in [0.1, 0.15) is 36.8 Å². The summed E-state index contributed by atoms with van der Waals surface area (Å²) in [5.74, 6) is 2.84. The number of nitrogens with zero attached hydrogens (tertiary/aromatic N) is 4. The van der Waals surface area contributed by atoms with Crippen molar-refractivity contribution in [2.45, 2.75) is 43.8 Å². The van der Waals surface area contributed by atoms with Crippen LogP contribution < -0.4 is 4.74 Å². The number of aromatic nitrogens is 4. The first kappa shape index (κ1) is 22.3. The number of hydrogen-bond acceptors (Lipinski definition) is 6. The zero-order valence-electron chi connectivity index (χ0n) is 18.3. The molecular weight excluding hydrogens is 436 g/mol. The molecule has 0 aliphatic heterocycles. The normalized spacial score (nSPS) is 11.1. The lowest BCUT2D eigenvalue weighted by atomic mass is 10.0. The molecule has 0 aliphatic carbocycles. The Morgan fingerprint density at radius 2 is 1.88 bits per heavy atom. The highest BCUT2D eigenvalue weighted by atomic mass is 32.2. The largest absolute Gasteiger partial charge is 0.486 e. The first-order valence-electron chi connectivity index (χ1n) is 10.5. The van der Waals surface area contributed by atoms with Gasteiger partial charge in [-0.2, -0.15) is 0 Å². The van der Waals surface area contributed by atoms with E-state index in [1.807, 2.05) is 41.0 Å². The Balaban J connectivity index is 1.40. The van der Waals surface area contributed by atoms with Crippen molar-refractivity contribution in [3.63, 3.8) is 0 Å². The first-order chi connectivity index (χ1) is 15.6. The second-order valence-corrected chi connectivity index (χ2v) is 9.41. The van der Waals surface area contributed by atoms with E-state index < -0.39 is 0 Å². The van der Waals surface area contributed by atoms with Gasteiger partial charge in [-0.3, -0.25) is 4.57 Å². The molecule has 0 fully saturated rings. The number of rotatable bonds is 10. The number of allylic oxidation sites excluding steroid dienone is 1. The predicted molar refractivity (Wildman–Crippen MR) is 132 cm³/mol. The van der Waals surface area contributed by atoms with E-state index in [-0.39, 0.29) is 0 Å². The van der Waals surface area contributed by atoms with Crippen LogP contribution >= 0.6 is 23.1 Å². The minimum atomic E-state index is 0.358. The molecule has 7 heteroatoms. The maximum Gasteiger partial charge on any atom is 0.191 e. The Bertz CT molecular complexity index is 1150. The average molecular weight is 463 g/mol. The Morgan fingerprint density at radius 3 is 2.59 bits per heavy atom. The average Bonchev–Trinajstić information content (AvgIpc) is 3.45. The monoisotopic (exact) mass is 462 g/mol. The van der Waals surface area contributed by atoms with E-state index in [2.05, 4.69) is 60.3 Å². The third-order valence-electron chi connectivity index (χ3n) is 4.94. The minimum Gasteiger partial charge on any atom is -0.486 e. The topological polar surface area (TPSA) is 52.8 Å². The SMILES string of the molecule is C=CCn1c(COc2ccc(C(C)C)cc2)nnc1SCc1csc(-c2ccccc2)n1. The van der Waals surface area contributed by atoms with Crippen molar-refractivity contribution < 1.29 is 4.74 Å². The maximum atomic E-state index is 5.96. The summed E-state index contributed by atoms with van der Waals surface area (Å²) >= 11 is 3.29. The third kappa shape index (κ3) is 5.47. The van der Waals surface area contributed by atoms with Crippen molar-refractivity contribution in [3.8, 4) is 16.3 Å². The number of hydrogen-bond donors (Lipinski definition) is 0. The zero-order valence-corrected chi connectivity index (χ0v) is 19.9. The van der Waals surface area contributed by atoms with Gasteiger partial charge in [-0.05, 0) is 23.6 Å². The number of ether oxygens (including phenoxy) is 1. The van der Waals surface area contributed by atoms with Crippen molar-refractivity contribution in [1.29, 1.82) is 0 Å². The Morgan fingerprint density at radius 1 is 1.09 bits per heavy atom. The molecule has 4 rings (SSSR count). The summed E-state index contributed by atoms with van der Waals surface area (Å²) in [5.41, 5.74) is 3.47. The van der Waals surface area contributed by atoms with Gasteiger partial charge in [0.15, 0.2) is 11.0 Å². The summed E-state index contributed by atoms with van der Waals surface area (Å²) < 4.78 is 8.01. The third-order valence-corrected chi connectivity index (χ3v) is 6.88. The second kappa shape index (κ2) is 10.6. The van der Waals surface area contributed by atoms with E-state index in [1.54, 1.807) is 23.1 Å². The zero-order chi connectivity index (χ0) is 22.3. The number of benzene rings is 2. The van der Waals surface area contributed by atoms with E-state index in [0.29, 0.717) is 19.1 Å². The molecule has 0 aliphatic rings. The minimum absolute atomic E-state index is 0.358. The highest BCUT2D eigenvalue weighted by Crippen LogP contribution is 2.28. The van der Waals surface area contributed by atoms with Crippen LogP contribution in [0.3, 0.4) is 0 Å². The number of thioether (sulfide) groups is 1. The Hall–Kier alpha value is -2.90. The molecule has 0 bridgehead atoms. The molecule has 2 aromatic carbocycles. The lowest BCUT2D eigenvalue weighted by Gasteiger charge is -2.10. The highest BCUT2D eigenvalue weighted by molar-refractivity contribution is 7.98. The van der Waals surface area contributed by atoms with Gasteiger partial charge in [0.05, 0.1) is 5.69 Å². The van der Waals surface area contributed by atoms with Gasteiger partial charge in [-0.15, -0.1) is 28.1 Å². The van der Waals surface area contributed by atoms with Crippen LogP contribution in [-0.4, -0.2) is 19.7 Å². The van der Waals surface area contributed by atoms with Crippen LogP contribution in [0.15, 0.2) is 77.8 Å². The lowest BCUT2D eigenvalue weighted by Crippen LogP contribution is -2.07. The summed E-state index contributed by atoms with van der Waals surface area (Å²) in [5, 5.41) is 12.7. The fraction of sp³-hybridized carbons (Fsp3) is 0.240. The molecule has 5 nitrogen and oxygen atoms in total. The smallest absolute Gasteiger partial charge is 0.191 e. The van der Waals surface area contributed by atoms with Gasteiger partial charge in [0, 0.05) is 23.2 Å². The molecule has 0 amide bonds. The Labute approximate surface area is 197 Å². The summed E-state index contributed by atoms with van der Waals surface area (Å²) in [4.78, 5) is 4.77. The molecule has 0 atom stereocenters. The van der Waals surface area contributed by atoms with E-state index in [0.717, 1.165) is 38.7 Å². The molecule has 0 saturated carbocycles. The fourth-order valence-corrected chi connectivity index (χ4v) is 4.96.